The van der Waals surface area contributed by atoms with Crippen LogP contribution < -0.4 is 0 Å². The normalized spacial score (nSPS) is 11.4. The summed E-state index contributed by atoms with van der Waals surface area (Å²) in [6, 6.07) is 4.13. The molecular weight excluding hydrogens is 228 g/mol. The Hall–Kier alpha value is -0.830. The predicted octanol–water partition coefficient (Wildman–Crippen LogP) is 3.22. The molecule has 0 aliphatic heterocycles. The van der Waals surface area contributed by atoms with Gasteiger partial charge in [-0.2, -0.15) is 5.10 Å². The highest BCUT2D eigenvalue weighted by Gasteiger charge is 2.06. The van der Waals surface area contributed by atoms with E-state index in [4.69, 9.17) is 0 Å². The van der Waals surface area contributed by atoms with Crippen molar-refractivity contribution >= 4 is 21.4 Å². The third-order valence-corrected chi connectivity index (χ3v) is 2.60. The van der Waals surface area contributed by atoms with Crippen molar-refractivity contribution in [3.8, 4) is 0 Å². The second-order valence-electron chi connectivity index (χ2n) is 3.43. The Bertz CT molecular complexity index is 431. The lowest BCUT2D eigenvalue weighted by atomic mass is 10.1. The molecule has 0 fully saturated rings. The second kappa shape index (κ2) is 3.14. The van der Waals surface area contributed by atoms with Crippen LogP contribution in [0.1, 0.15) is 25.3 Å². The van der Waals surface area contributed by atoms with Gasteiger partial charge in [-0.15, -0.1) is 0 Å². The maximum atomic E-state index is 4.29. The van der Waals surface area contributed by atoms with Gasteiger partial charge in [0.2, 0.25) is 0 Å². The first kappa shape index (κ1) is 8.75. The molecule has 0 aromatic carbocycles. The maximum Gasteiger partial charge on any atom is 0.0697 e. The van der Waals surface area contributed by atoms with Crippen molar-refractivity contribution in [2.45, 2.75) is 19.8 Å². The molecule has 2 heterocycles. The summed E-state index contributed by atoms with van der Waals surface area (Å²) in [6.07, 6.45) is 3.91. The molecule has 0 radical (unpaired) electrons. The van der Waals surface area contributed by atoms with Crippen molar-refractivity contribution in [3.05, 3.63) is 34.6 Å². The van der Waals surface area contributed by atoms with Crippen molar-refractivity contribution in [2.75, 3.05) is 0 Å². The van der Waals surface area contributed by atoms with Crippen LogP contribution in [-0.2, 0) is 0 Å². The minimum absolute atomic E-state index is 0.527. The Labute approximate surface area is 85.7 Å². The third kappa shape index (κ3) is 1.48. The first-order valence-electron chi connectivity index (χ1n) is 4.31. The van der Waals surface area contributed by atoms with Crippen LogP contribution in [0.5, 0.6) is 0 Å². The average molecular weight is 239 g/mol. The van der Waals surface area contributed by atoms with Crippen LogP contribution in [0.3, 0.4) is 0 Å². The first-order valence-corrected chi connectivity index (χ1v) is 5.10. The third-order valence-electron chi connectivity index (χ3n) is 2.13. The van der Waals surface area contributed by atoms with Crippen molar-refractivity contribution in [1.29, 1.82) is 0 Å². The van der Waals surface area contributed by atoms with Gasteiger partial charge < -0.3 is 0 Å². The second-order valence-corrected chi connectivity index (χ2v) is 4.35. The number of hydrogen-bond donors (Lipinski definition) is 0. The van der Waals surface area contributed by atoms with Crippen LogP contribution in [0.4, 0.5) is 0 Å². The lowest BCUT2D eigenvalue weighted by Crippen LogP contribution is -1.88. The zero-order valence-electron chi connectivity index (χ0n) is 7.66. The first-order chi connectivity index (χ1) is 6.18. The standard InChI is InChI=1S/C10H11BrN2/c1-7(2)9-5-12-13-6-8(11)3-4-10(9)13/h3-7H,1-2H3. The number of aromatic nitrogens is 2. The quantitative estimate of drug-likeness (QED) is 0.746. The molecule has 0 N–H and O–H groups in total. The van der Waals surface area contributed by atoms with Crippen LogP contribution >= 0.6 is 15.9 Å². The van der Waals surface area contributed by atoms with Crippen molar-refractivity contribution < 1.29 is 0 Å². The molecule has 0 saturated carbocycles. The van der Waals surface area contributed by atoms with Gasteiger partial charge in [-0.25, -0.2) is 4.52 Å². The SMILES string of the molecule is CC(C)c1cnn2cc(Br)ccc12. The zero-order valence-corrected chi connectivity index (χ0v) is 9.25. The van der Waals surface area contributed by atoms with E-state index in [0.29, 0.717) is 5.92 Å². The number of pyridine rings is 1. The average Bonchev–Trinajstić information content (AvgIpc) is 2.46. The summed E-state index contributed by atoms with van der Waals surface area (Å²) in [6.45, 7) is 4.36. The molecule has 2 aromatic rings. The monoisotopic (exact) mass is 238 g/mol. The van der Waals surface area contributed by atoms with E-state index in [9.17, 15) is 0 Å². The molecule has 2 aromatic heterocycles. The Morgan fingerprint density at radius 1 is 1.38 bits per heavy atom. The van der Waals surface area contributed by atoms with Gasteiger partial charge in [-0.1, -0.05) is 13.8 Å². The molecule has 0 bridgehead atoms. The number of hydrogen-bond acceptors (Lipinski definition) is 1. The van der Waals surface area contributed by atoms with Crippen molar-refractivity contribution in [3.63, 3.8) is 0 Å². The van der Waals surface area contributed by atoms with E-state index in [1.807, 2.05) is 23.0 Å². The van der Waals surface area contributed by atoms with E-state index in [-0.39, 0.29) is 0 Å². The van der Waals surface area contributed by atoms with Gasteiger partial charge in [-0.05, 0) is 34.0 Å². The topological polar surface area (TPSA) is 17.3 Å². The zero-order chi connectivity index (χ0) is 9.42. The maximum absolute atomic E-state index is 4.29. The Morgan fingerprint density at radius 3 is 2.85 bits per heavy atom. The molecule has 13 heavy (non-hydrogen) atoms. The summed E-state index contributed by atoms with van der Waals surface area (Å²) in [5.74, 6) is 0.527. The molecular formula is C10H11BrN2. The molecule has 0 amide bonds. The summed E-state index contributed by atoms with van der Waals surface area (Å²) in [7, 11) is 0. The molecule has 68 valence electrons. The number of fused-ring (bicyclic) bond motifs is 1. The van der Waals surface area contributed by atoms with Gasteiger partial charge in [0.25, 0.3) is 0 Å². The van der Waals surface area contributed by atoms with Crippen LogP contribution in [0.25, 0.3) is 5.52 Å². The fraction of sp³-hybridized carbons (Fsp3) is 0.300. The highest BCUT2D eigenvalue weighted by molar-refractivity contribution is 9.10. The summed E-state index contributed by atoms with van der Waals surface area (Å²) >= 11 is 3.42. The molecule has 0 spiro atoms. The fourth-order valence-electron chi connectivity index (χ4n) is 1.42. The largest absolute Gasteiger partial charge is 0.240 e. The molecule has 2 rings (SSSR count). The molecule has 2 nitrogen and oxygen atoms in total. The lowest BCUT2D eigenvalue weighted by molar-refractivity contribution is 0.875. The lowest BCUT2D eigenvalue weighted by Gasteiger charge is -2.01. The molecule has 0 atom stereocenters. The van der Waals surface area contributed by atoms with Crippen molar-refractivity contribution in [2.24, 2.45) is 0 Å². The Morgan fingerprint density at radius 2 is 2.15 bits per heavy atom. The molecule has 0 saturated heterocycles. The van der Waals surface area contributed by atoms with Gasteiger partial charge in [0.1, 0.15) is 0 Å². The van der Waals surface area contributed by atoms with Crippen LogP contribution in [0.15, 0.2) is 29.0 Å². The van der Waals surface area contributed by atoms with E-state index in [2.05, 4.69) is 40.9 Å². The summed E-state index contributed by atoms with van der Waals surface area (Å²) in [5.41, 5.74) is 2.49. The minimum atomic E-state index is 0.527. The smallest absolute Gasteiger partial charge is 0.0697 e. The molecule has 3 heteroatoms. The number of halogens is 1. The summed E-state index contributed by atoms with van der Waals surface area (Å²) in [4.78, 5) is 0. The van der Waals surface area contributed by atoms with E-state index >= 15 is 0 Å². The molecule has 0 aliphatic rings. The van der Waals surface area contributed by atoms with Crippen LogP contribution in [0, 0.1) is 0 Å². The molecule has 0 aliphatic carbocycles. The molecule has 0 unspecified atom stereocenters. The van der Waals surface area contributed by atoms with Gasteiger partial charge in [-0.3, -0.25) is 0 Å². The minimum Gasteiger partial charge on any atom is -0.240 e. The number of rotatable bonds is 1. The Balaban J connectivity index is 2.69. The summed E-state index contributed by atoms with van der Waals surface area (Å²) in [5, 5.41) is 4.29. The Kier molecular flexibility index (Phi) is 2.12. The van der Waals surface area contributed by atoms with E-state index in [0.717, 1.165) is 4.47 Å². The fourth-order valence-corrected chi connectivity index (χ4v) is 1.75. The van der Waals surface area contributed by atoms with E-state index in [1.54, 1.807) is 0 Å². The van der Waals surface area contributed by atoms with Gasteiger partial charge in [0, 0.05) is 16.2 Å². The highest BCUT2D eigenvalue weighted by atomic mass is 79.9. The van der Waals surface area contributed by atoms with Gasteiger partial charge >= 0.3 is 0 Å². The highest BCUT2D eigenvalue weighted by Crippen LogP contribution is 2.21. The van der Waals surface area contributed by atoms with Gasteiger partial charge in [0.15, 0.2) is 0 Å². The van der Waals surface area contributed by atoms with E-state index < -0.39 is 0 Å². The number of nitrogens with zero attached hydrogens (tertiary/aromatic N) is 2. The summed E-state index contributed by atoms with van der Waals surface area (Å²) < 4.78 is 2.96. The predicted molar refractivity (Wildman–Crippen MR) is 57.0 cm³/mol. The van der Waals surface area contributed by atoms with Crippen molar-refractivity contribution in [1.82, 2.24) is 9.61 Å². The van der Waals surface area contributed by atoms with Crippen LogP contribution in [-0.4, -0.2) is 9.61 Å². The van der Waals surface area contributed by atoms with Gasteiger partial charge in [0.05, 0.1) is 11.7 Å². The van der Waals surface area contributed by atoms with E-state index in [1.165, 1.54) is 11.1 Å². The van der Waals surface area contributed by atoms with Crippen LogP contribution in [0.2, 0.25) is 0 Å².